The smallest absolute Gasteiger partial charge is 0.218 e. The summed E-state index contributed by atoms with van der Waals surface area (Å²) in [4.78, 5) is 11.4. The van der Waals surface area contributed by atoms with E-state index in [4.69, 9.17) is 5.73 Å². The summed E-state index contributed by atoms with van der Waals surface area (Å²) in [6.07, 6.45) is 6.39. The first-order valence-corrected chi connectivity index (χ1v) is 6.48. The van der Waals surface area contributed by atoms with Crippen molar-refractivity contribution in [2.75, 3.05) is 0 Å². The Kier molecular flexibility index (Phi) is 3.51. The van der Waals surface area contributed by atoms with Gasteiger partial charge in [0.15, 0.2) is 0 Å². The van der Waals surface area contributed by atoms with Crippen molar-refractivity contribution in [2.45, 2.75) is 50.9 Å². The average Bonchev–Trinajstić information content (AvgIpc) is 2.29. The van der Waals surface area contributed by atoms with Crippen molar-refractivity contribution in [3.63, 3.8) is 0 Å². The molecule has 1 aliphatic carbocycles. The number of benzene rings is 1. The lowest BCUT2D eigenvalue weighted by Crippen LogP contribution is -2.34. The van der Waals surface area contributed by atoms with Gasteiger partial charge >= 0.3 is 0 Å². The number of hydrogen-bond donors (Lipinski definition) is 1. The van der Waals surface area contributed by atoms with Gasteiger partial charge in [0.25, 0.3) is 0 Å². The first-order valence-electron chi connectivity index (χ1n) is 6.48. The molecule has 2 nitrogen and oxygen atoms in total. The van der Waals surface area contributed by atoms with Gasteiger partial charge in [0.1, 0.15) is 0 Å². The van der Waals surface area contributed by atoms with Crippen molar-refractivity contribution in [3.05, 3.63) is 35.4 Å². The van der Waals surface area contributed by atoms with Crippen LogP contribution in [-0.2, 0) is 10.2 Å². The zero-order valence-electron chi connectivity index (χ0n) is 10.5. The summed E-state index contributed by atoms with van der Waals surface area (Å²) in [6, 6.07) is 8.56. The standard InChI is InChI=1S/C15H21NO/c1-12-6-5-7-13(10-12)15(11-14(16)17)8-3-2-4-9-15/h5-7,10H,2-4,8-9,11H2,1H3,(H2,16,17). The highest BCUT2D eigenvalue weighted by atomic mass is 16.1. The lowest BCUT2D eigenvalue weighted by Gasteiger charge is -2.37. The minimum Gasteiger partial charge on any atom is -0.370 e. The maximum Gasteiger partial charge on any atom is 0.218 e. The predicted octanol–water partition coefficient (Wildman–Crippen LogP) is 3.07. The molecule has 1 aromatic rings. The molecule has 0 radical (unpaired) electrons. The number of amides is 1. The molecule has 0 atom stereocenters. The molecule has 1 fully saturated rings. The third kappa shape index (κ3) is 2.68. The number of carbonyl (C=O) groups excluding carboxylic acids is 1. The summed E-state index contributed by atoms with van der Waals surface area (Å²) in [7, 11) is 0. The van der Waals surface area contributed by atoms with Crippen LogP contribution in [0.1, 0.15) is 49.7 Å². The van der Waals surface area contributed by atoms with Gasteiger partial charge in [-0.25, -0.2) is 0 Å². The van der Waals surface area contributed by atoms with E-state index >= 15 is 0 Å². The SMILES string of the molecule is Cc1cccc(C2(CC(N)=O)CCCCC2)c1. The highest BCUT2D eigenvalue weighted by molar-refractivity contribution is 5.75. The van der Waals surface area contributed by atoms with Crippen LogP contribution >= 0.6 is 0 Å². The Morgan fingerprint density at radius 3 is 2.59 bits per heavy atom. The van der Waals surface area contributed by atoms with Crippen LogP contribution in [0.2, 0.25) is 0 Å². The van der Waals surface area contributed by atoms with Crippen LogP contribution in [0.5, 0.6) is 0 Å². The molecule has 1 aromatic carbocycles. The number of rotatable bonds is 3. The van der Waals surface area contributed by atoms with Crippen LogP contribution in [0.25, 0.3) is 0 Å². The fraction of sp³-hybridized carbons (Fsp3) is 0.533. The third-order valence-corrected chi connectivity index (χ3v) is 3.95. The summed E-state index contributed by atoms with van der Waals surface area (Å²) < 4.78 is 0. The van der Waals surface area contributed by atoms with E-state index in [1.807, 2.05) is 0 Å². The Morgan fingerprint density at radius 1 is 1.29 bits per heavy atom. The van der Waals surface area contributed by atoms with Crippen LogP contribution in [0.4, 0.5) is 0 Å². The molecule has 0 heterocycles. The van der Waals surface area contributed by atoms with E-state index in [1.54, 1.807) is 0 Å². The molecule has 0 spiro atoms. The van der Waals surface area contributed by atoms with Crippen LogP contribution in [-0.4, -0.2) is 5.91 Å². The molecule has 2 N–H and O–H groups in total. The number of aryl methyl sites for hydroxylation is 1. The summed E-state index contributed by atoms with van der Waals surface area (Å²) in [6.45, 7) is 2.10. The van der Waals surface area contributed by atoms with E-state index in [0.717, 1.165) is 12.8 Å². The van der Waals surface area contributed by atoms with E-state index in [9.17, 15) is 4.79 Å². The normalized spacial score (nSPS) is 18.9. The fourth-order valence-electron chi connectivity index (χ4n) is 3.10. The second-order valence-electron chi connectivity index (χ2n) is 5.35. The highest BCUT2D eigenvalue weighted by Gasteiger charge is 2.35. The topological polar surface area (TPSA) is 43.1 Å². The van der Waals surface area contributed by atoms with Crippen molar-refractivity contribution in [3.8, 4) is 0 Å². The van der Waals surface area contributed by atoms with Gasteiger partial charge in [-0.3, -0.25) is 4.79 Å². The Hall–Kier alpha value is -1.31. The lowest BCUT2D eigenvalue weighted by molar-refractivity contribution is -0.119. The van der Waals surface area contributed by atoms with Crippen LogP contribution in [0.15, 0.2) is 24.3 Å². The van der Waals surface area contributed by atoms with E-state index in [2.05, 4.69) is 31.2 Å². The monoisotopic (exact) mass is 231 g/mol. The van der Waals surface area contributed by atoms with E-state index in [-0.39, 0.29) is 11.3 Å². The fourth-order valence-corrected chi connectivity index (χ4v) is 3.10. The number of nitrogens with two attached hydrogens (primary N) is 1. The lowest BCUT2D eigenvalue weighted by atomic mass is 9.67. The molecule has 1 saturated carbocycles. The molecule has 0 saturated heterocycles. The largest absolute Gasteiger partial charge is 0.370 e. The molecular weight excluding hydrogens is 210 g/mol. The minimum absolute atomic E-state index is 0.0100. The molecule has 0 unspecified atom stereocenters. The molecule has 92 valence electrons. The highest BCUT2D eigenvalue weighted by Crippen LogP contribution is 2.42. The first-order chi connectivity index (χ1) is 8.12. The Morgan fingerprint density at radius 2 is 2.00 bits per heavy atom. The number of primary amides is 1. The van der Waals surface area contributed by atoms with Crippen LogP contribution < -0.4 is 5.73 Å². The molecule has 1 amide bonds. The van der Waals surface area contributed by atoms with Crippen molar-refractivity contribution in [1.29, 1.82) is 0 Å². The molecule has 2 heteroatoms. The first kappa shape index (κ1) is 12.2. The van der Waals surface area contributed by atoms with Crippen LogP contribution in [0, 0.1) is 6.92 Å². The van der Waals surface area contributed by atoms with Gasteiger partial charge in [0.2, 0.25) is 5.91 Å². The summed E-state index contributed by atoms with van der Waals surface area (Å²) >= 11 is 0. The minimum atomic E-state index is -0.173. The van der Waals surface area contributed by atoms with Crippen molar-refractivity contribution in [1.82, 2.24) is 0 Å². The van der Waals surface area contributed by atoms with E-state index < -0.39 is 0 Å². The van der Waals surface area contributed by atoms with Crippen molar-refractivity contribution in [2.24, 2.45) is 5.73 Å². The van der Waals surface area contributed by atoms with Gasteiger partial charge < -0.3 is 5.73 Å². The summed E-state index contributed by atoms with van der Waals surface area (Å²) in [5.41, 5.74) is 8.02. The maximum atomic E-state index is 11.4. The molecule has 0 aliphatic heterocycles. The predicted molar refractivity (Wildman–Crippen MR) is 69.8 cm³/mol. The molecule has 2 rings (SSSR count). The second kappa shape index (κ2) is 4.91. The van der Waals surface area contributed by atoms with E-state index in [0.29, 0.717) is 6.42 Å². The Bertz CT molecular complexity index is 405. The summed E-state index contributed by atoms with van der Waals surface area (Å²) in [5, 5.41) is 0. The molecule has 0 bridgehead atoms. The maximum absolute atomic E-state index is 11.4. The second-order valence-corrected chi connectivity index (χ2v) is 5.35. The zero-order valence-corrected chi connectivity index (χ0v) is 10.5. The quantitative estimate of drug-likeness (QED) is 0.853. The number of carbonyl (C=O) groups is 1. The van der Waals surface area contributed by atoms with Gasteiger partial charge in [-0.2, -0.15) is 0 Å². The van der Waals surface area contributed by atoms with Crippen molar-refractivity contribution >= 4 is 5.91 Å². The van der Waals surface area contributed by atoms with Gasteiger partial charge in [-0.1, -0.05) is 49.1 Å². The molecule has 1 aliphatic rings. The van der Waals surface area contributed by atoms with Gasteiger partial charge in [0, 0.05) is 11.8 Å². The van der Waals surface area contributed by atoms with Crippen molar-refractivity contribution < 1.29 is 4.79 Å². The van der Waals surface area contributed by atoms with Crippen LogP contribution in [0.3, 0.4) is 0 Å². The number of hydrogen-bond acceptors (Lipinski definition) is 1. The van der Waals surface area contributed by atoms with Gasteiger partial charge in [-0.05, 0) is 25.3 Å². The van der Waals surface area contributed by atoms with Gasteiger partial charge in [0.05, 0.1) is 0 Å². The van der Waals surface area contributed by atoms with E-state index in [1.165, 1.54) is 30.4 Å². The Labute approximate surface area is 103 Å². The zero-order chi connectivity index (χ0) is 12.3. The summed E-state index contributed by atoms with van der Waals surface area (Å²) in [5.74, 6) is -0.173. The average molecular weight is 231 g/mol. The third-order valence-electron chi connectivity index (χ3n) is 3.95. The molecule has 0 aromatic heterocycles. The molecule has 17 heavy (non-hydrogen) atoms. The van der Waals surface area contributed by atoms with Gasteiger partial charge in [-0.15, -0.1) is 0 Å². The molecular formula is C15H21NO. The Balaban J connectivity index is 2.35.